The van der Waals surface area contributed by atoms with Gasteiger partial charge in [-0.05, 0) is 29.7 Å². The van der Waals surface area contributed by atoms with Crippen molar-refractivity contribution in [2.24, 2.45) is 0 Å². The van der Waals surface area contributed by atoms with Crippen molar-refractivity contribution in [2.45, 2.75) is 0 Å². The molecule has 0 unspecified atom stereocenters. The Labute approximate surface area is 162 Å². The molecule has 2 heterocycles. The lowest BCUT2D eigenvalue weighted by atomic mass is 10.2. The Hall–Kier alpha value is -2.17. The van der Waals surface area contributed by atoms with E-state index in [1.165, 1.54) is 17.4 Å². The number of hydrogen-bond acceptors (Lipinski definition) is 5. The number of carbonyl (C=O) groups is 1. The fourth-order valence-electron chi connectivity index (χ4n) is 1.95. The van der Waals surface area contributed by atoms with Crippen LogP contribution >= 0.6 is 45.9 Å². The van der Waals surface area contributed by atoms with Crippen molar-refractivity contribution < 1.29 is 4.79 Å². The predicted molar refractivity (Wildman–Crippen MR) is 104 cm³/mol. The Morgan fingerprint density at radius 2 is 2.08 bits per heavy atom. The number of amides is 1. The lowest BCUT2D eigenvalue weighted by Crippen LogP contribution is -2.13. The minimum absolute atomic E-state index is 0.0703. The summed E-state index contributed by atoms with van der Waals surface area (Å²) in [7, 11) is 0. The standard InChI is InChI=1S/C17H9Cl2N3OS2/c18-12-3-1-4-13(15(12)19)22-16(23)10(8-20)7-11-9-25-17(21-11)14-5-2-6-24-14/h1-7,9H,(H,22,23). The van der Waals surface area contributed by atoms with Crippen molar-refractivity contribution in [1.29, 1.82) is 5.26 Å². The van der Waals surface area contributed by atoms with Crippen LogP contribution in [0.5, 0.6) is 0 Å². The van der Waals surface area contributed by atoms with Crippen LogP contribution in [0.4, 0.5) is 5.69 Å². The van der Waals surface area contributed by atoms with Gasteiger partial charge in [-0.25, -0.2) is 4.98 Å². The van der Waals surface area contributed by atoms with Crippen LogP contribution in [0.15, 0.2) is 46.7 Å². The molecule has 0 fully saturated rings. The number of thiazole rings is 1. The monoisotopic (exact) mass is 405 g/mol. The van der Waals surface area contributed by atoms with E-state index in [9.17, 15) is 10.1 Å². The molecule has 8 heteroatoms. The number of nitrogens with zero attached hydrogens (tertiary/aromatic N) is 2. The van der Waals surface area contributed by atoms with Gasteiger partial charge in [0.2, 0.25) is 0 Å². The summed E-state index contributed by atoms with van der Waals surface area (Å²) >= 11 is 15.0. The molecule has 2 aromatic heterocycles. The molecule has 0 aliphatic rings. The van der Waals surface area contributed by atoms with E-state index in [4.69, 9.17) is 23.2 Å². The summed E-state index contributed by atoms with van der Waals surface area (Å²) in [6, 6.07) is 10.7. The fourth-order valence-corrected chi connectivity index (χ4v) is 3.89. The second-order valence-corrected chi connectivity index (χ2v) is 7.37. The maximum atomic E-state index is 12.3. The van der Waals surface area contributed by atoms with E-state index in [-0.39, 0.29) is 10.6 Å². The van der Waals surface area contributed by atoms with Gasteiger partial charge in [-0.15, -0.1) is 22.7 Å². The van der Waals surface area contributed by atoms with E-state index in [0.29, 0.717) is 16.4 Å². The number of anilines is 1. The van der Waals surface area contributed by atoms with Gasteiger partial charge in [0.1, 0.15) is 16.6 Å². The normalized spacial score (nSPS) is 11.2. The zero-order chi connectivity index (χ0) is 17.8. The first kappa shape index (κ1) is 17.6. The van der Waals surface area contributed by atoms with Crippen LogP contribution in [0, 0.1) is 11.3 Å². The van der Waals surface area contributed by atoms with Crippen molar-refractivity contribution in [3.63, 3.8) is 0 Å². The molecule has 3 aromatic rings. The zero-order valence-corrected chi connectivity index (χ0v) is 15.6. The highest BCUT2D eigenvalue weighted by Gasteiger charge is 2.14. The first-order valence-corrected chi connectivity index (χ1v) is 9.46. The van der Waals surface area contributed by atoms with Gasteiger partial charge in [-0.2, -0.15) is 5.26 Å². The molecule has 1 N–H and O–H groups in total. The predicted octanol–water partition coefficient (Wildman–Crippen LogP) is 5.72. The highest BCUT2D eigenvalue weighted by molar-refractivity contribution is 7.20. The molecular formula is C17H9Cl2N3OS2. The summed E-state index contributed by atoms with van der Waals surface area (Å²) < 4.78 is 0. The van der Waals surface area contributed by atoms with Crippen molar-refractivity contribution in [2.75, 3.05) is 5.32 Å². The van der Waals surface area contributed by atoms with Gasteiger partial charge < -0.3 is 5.32 Å². The van der Waals surface area contributed by atoms with Crippen molar-refractivity contribution in [3.05, 3.63) is 62.4 Å². The van der Waals surface area contributed by atoms with E-state index in [0.717, 1.165) is 9.88 Å². The van der Waals surface area contributed by atoms with E-state index in [1.54, 1.807) is 34.9 Å². The average Bonchev–Trinajstić information content (AvgIpc) is 3.27. The lowest BCUT2D eigenvalue weighted by Gasteiger charge is -2.07. The largest absolute Gasteiger partial charge is 0.320 e. The van der Waals surface area contributed by atoms with Crippen LogP contribution in [-0.4, -0.2) is 10.9 Å². The molecule has 1 amide bonds. The van der Waals surface area contributed by atoms with Crippen LogP contribution < -0.4 is 5.32 Å². The number of nitrogens with one attached hydrogen (secondary N) is 1. The Bertz CT molecular complexity index is 988. The highest BCUT2D eigenvalue weighted by Crippen LogP contribution is 2.30. The van der Waals surface area contributed by atoms with Gasteiger partial charge >= 0.3 is 0 Å². The second-order valence-electron chi connectivity index (χ2n) is 4.78. The number of thiophene rings is 1. The maximum Gasteiger partial charge on any atom is 0.266 e. The minimum Gasteiger partial charge on any atom is -0.320 e. The van der Waals surface area contributed by atoms with Crippen LogP contribution in [0.3, 0.4) is 0 Å². The van der Waals surface area contributed by atoms with Gasteiger partial charge in [0.25, 0.3) is 5.91 Å². The molecule has 124 valence electrons. The molecule has 3 rings (SSSR count). The molecule has 0 bridgehead atoms. The van der Waals surface area contributed by atoms with E-state index >= 15 is 0 Å². The van der Waals surface area contributed by atoms with E-state index < -0.39 is 5.91 Å². The number of aromatic nitrogens is 1. The molecule has 0 radical (unpaired) electrons. The van der Waals surface area contributed by atoms with Gasteiger partial charge in [0, 0.05) is 5.38 Å². The second kappa shape index (κ2) is 7.81. The molecule has 0 aliphatic heterocycles. The molecule has 0 atom stereocenters. The van der Waals surface area contributed by atoms with Crippen LogP contribution in [0.25, 0.3) is 16.0 Å². The van der Waals surface area contributed by atoms with Crippen LogP contribution in [0.2, 0.25) is 10.0 Å². The molecular weight excluding hydrogens is 397 g/mol. The van der Waals surface area contributed by atoms with Crippen molar-refractivity contribution in [3.8, 4) is 16.0 Å². The molecule has 1 aromatic carbocycles. The highest BCUT2D eigenvalue weighted by atomic mass is 35.5. The van der Waals surface area contributed by atoms with Gasteiger partial charge in [-0.3, -0.25) is 4.79 Å². The smallest absolute Gasteiger partial charge is 0.266 e. The summed E-state index contributed by atoms with van der Waals surface area (Å²) in [5.74, 6) is -0.572. The number of halogens is 2. The number of carbonyl (C=O) groups excluding carboxylic acids is 1. The number of benzene rings is 1. The topological polar surface area (TPSA) is 65.8 Å². The van der Waals surface area contributed by atoms with Crippen LogP contribution in [-0.2, 0) is 4.79 Å². The molecule has 0 saturated carbocycles. The third-order valence-corrected chi connectivity index (χ3v) is 5.83. The third-order valence-electron chi connectivity index (χ3n) is 3.11. The summed E-state index contributed by atoms with van der Waals surface area (Å²) in [5, 5.41) is 17.0. The fraction of sp³-hybridized carbons (Fsp3) is 0. The van der Waals surface area contributed by atoms with Crippen molar-refractivity contribution in [1.82, 2.24) is 4.98 Å². The summed E-state index contributed by atoms with van der Waals surface area (Å²) in [4.78, 5) is 17.8. The molecule has 0 saturated heterocycles. The van der Waals surface area contributed by atoms with E-state index in [1.807, 2.05) is 23.6 Å². The van der Waals surface area contributed by atoms with Gasteiger partial charge in [-0.1, -0.05) is 35.3 Å². The molecule has 0 aliphatic carbocycles. The van der Waals surface area contributed by atoms with Crippen LogP contribution in [0.1, 0.15) is 5.69 Å². The molecule has 0 spiro atoms. The lowest BCUT2D eigenvalue weighted by molar-refractivity contribution is -0.112. The first-order chi connectivity index (χ1) is 12.1. The SMILES string of the molecule is N#CC(=Cc1csc(-c2cccs2)n1)C(=O)Nc1cccc(Cl)c1Cl. The molecule has 25 heavy (non-hydrogen) atoms. The Kier molecular flexibility index (Phi) is 5.51. The Balaban J connectivity index is 1.82. The Morgan fingerprint density at radius 1 is 1.24 bits per heavy atom. The zero-order valence-electron chi connectivity index (χ0n) is 12.5. The number of nitriles is 1. The molecule has 4 nitrogen and oxygen atoms in total. The van der Waals surface area contributed by atoms with Crippen molar-refractivity contribution >= 4 is 63.5 Å². The number of rotatable bonds is 4. The third kappa shape index (κ3) is 4.09. The minimum atomic E-state index is -0.572. The Morgan fingerprint density at radius 3 is 2.80 bits per heavy atom. The average molecular weight is 406 g/mol. The summed E-state index contributed by atoms with van der Waals surface area (Å²) in [6.45, 7) is 0. The quantitative estimate of drug-likeness (QED) is 0.445. The van der Waals surface area contributed by atoms with E-state index in [2.05, 4.69) is 10.3 Å². The number of hydrogen-bond donors (Lipinski definition) is 1. The van der Waals surface area contributed by atoms with Gasteiger partial charge in [0.05, 0.1) is 26.3 Å². The first-order valence-electron chi connectivity index (χ1n) is 6.95. The summed E-state index contributed by atoms with van der Waals surface area (Å²) in [6.07, 6.45) is 1.45. The summed E-state index contributed by atoms with van der Waals surface area (Å²) in [5.41, 5.74) is 0.828. The van der Waals surface area contributed by atoms with Gasteiger partial charge in [0.15, 0.2) is 0 Å². The maximum absolute atomic E-state index is 12.3.